The molecule has 1 amide bonds. The van der Waals surface area contributed by atoms with Crippen LogP contribution in [0.4, 0.5) is 11.4 Å². The van der Waals surface area contributed by atoms with Gasteiger partial charge in [-0.15, -0.1) is 0 Å². The number of ether oxygens (including phenoxy) is 1. The molecule has 0 bridgehead atoms. The Hall–Kier alpha value is -2.01. The standard InChI is InChI=1S/C14H16N2O2S/c1-10(17)16-13-4-3-12(7-14(13)18-2)15-8-11-5-6-19-9-11/h3-7,9,15H,8H2,1-2H3,(H,16,17). The van der Waals surface area contributed by atoms with Crippen molar-refractivity contribution in [3.8, 4) is 5.75 Å². The number of hydrogen-bond acceptors (Lipinski definition) is 4. The Labute approximate surface area is 116 Å². The molecule has 4 nitrogen and oxygen atoms in total. The van der Waals surface area contributed by atoms with Gasteiger partial charge in [0, 0.05) is 25.2 Å². The van der Waals surface area contributed by atoms with E-state index in [1.807, 2.05) is 18.2 Å². The van der Waals surface area contributed by atoms with Gasteiger partial charge < -0.3 is 15.4 Å². The minimum absolute atomic E-state index is 0.114. The van der Waals surface area contributed by atoms with Crippen molar-refractivity contribution in [1.29, 1.82) is 0 Å². The lowest BCUT2D eigenvalue weighted by atomic mass is 10.2. The summed E-state index contributed by atoms with van der Waals surface area (Å²) in [6.07, 6.45) is 0. The Morgan fingerprint density at radius 1 is 1.37 bits per heavy atom. The van der Waals surface area contributed by atoms with Crippen LogP contribution in [-0.2, 0) is 11.3 Å². The summed E-state index contributed by atoms with van der Waals surface area (Å²) in [6.45, 7) is 2.24. The van der Waals surface area contributed by atoms with Crippen LogP contribution in [0.3, 0.4) is 0 Å². The maximum atomic E-state index is 11.1. The minimum atomic E-state index is -0.114. The Kier molecular flexibility index (Phi) is 4.41. The molecule has 0 aliphatic rings. The molecule has 0 spiro atoms. The van der Waals surface area contributed by atoms with E-state index in [0.29, 0.717) is 11.4 Å². The van der Waals surface area contributed by atoms with Crippen molar-refractivity contribution >= 4 is 28.6 Å². The van der Waals surface area contributed by atoms with Crippen molar-refractivity contribution in [2.75, 3.05) is 17.7 Å². The van der Waals surface area contributed by atoms with Gasteiger partial charge in [0.2, 0.25) is 5.91 Å². The van der Waals surface area contributed by atoms with Crippen LogP contribution in [0.5, 0.6) is 5.75 Å². The fourth-order valence-electron chi connectivity index (χ4n) is 1.69. The monoisotopic (exact) mass is 276 g/mol. The van der Waals surface area contributed by atoms with Crippen LogP contribution in [0.1, 0.15) is 12.5 Å². The van der Waals surface area contributed by atoms with Crippen LogP contribution < -0.4 is 15.4 Å². The maximum absolute atomic E-state index is 11.1. The molecule has 5 heteroatoms. The summed E-state index contributed by atoms with van der Waals surface area (Å²) >= 11 is 1.68. The number of thiophene rings is 1. The van der Waals surface area contributed by atoms with Gasteiger partial charge in [-0.05, 0) is 34.5 Å². The van der Waals surface area contributed by atoms with E-state index in [-0.39, 0.29) is 5.91 Å². The smallest absolute Gasteiger partial charge is 0.221 e. The molecule has 0 fully saturated rings. The van der Waals surface area contributed by atoms with Gasteiger partial charge in [0.25, 0.3) is 0 Å². The first-order chi connectivity index (χ1) is 9.19. The molecule has 1 heterocycles. The Balaban J connectivity index is 2.07. The highest BCUT2D eigenvalue weighted by atomic mass is 32.1. The lowest BCUT2D eigenvalue weighted by Crippen LogP contribution is -2.07. The second kappa shape index (κ2) is 6.24. The highest BCUT2D eigenvalue weighted by Crippen LogP contribution is 2.28. The van der Waals surface area contributed by atoms with E-state index >= 15 is 0 Å². The second-order valence-corrected chi connectivity index (χ2v) is 4.86. The number of hydrogen-bond donors (Lipinski definition) is 2. The molecule has 0 saturated carbocycles. The summed E-state index contributed by atoms with van der Waals surface area (Å²) in [5, 5.41) is 10.2. The van der Waals surface area contributed by atoms with Gasteiger partial charge in [-0.25, -0.2) is 0 Å². The average Bonchev–Trinajstić information content (AvgIpc) is 2.90. The van der Waals surface area contributed by atoms with E-state index in [4.69, 9.17) is 4.74 Å². The van der Waals surface area contributed by atoms with Crippen LogP contribution in [0.2, 0.25) is 0 Å². The van der Waals surface area contributed by atoms with Gasteiger partial charge in [-0.2, -0.15) is 11.3 Å². The molecule has 19 heavy (non-hydrogen) atoms. The molecule has 100 valence electrons. The van der Waals surface area contributed by atoms with Gasteiger partial charge in [-0.3, -0.25) is 4.79 Å². The van der Waals surface area contributed by atoms with Crippen molar-refractivity contribution in [3.63, 3.8) is 0 Å². The van der Waals surface area contributed by atoms with Gasteiger partial charge in [0.15, 0.2) is 0 Å². The summed E-state index contributed by atoms with van der Waals surface area (Å²) in [7, 11) is 1.59. The van der Waals surface area contributed by atoms with Crippen molar-refractivity contribution < 1.29 is 9.53 Å². The van der Waals surface area contributed by atoms with Crippen molar-refractivity contribution in [3.05, 3.63) is 40.6 Å². The minimum Gasteiger partial charge on any atom is -0.494 e. The first-order valence-corrected chi connectivity index (χ1v) is 6.84. The van der Waals surface area contributed by atoms with E-state index in [2.05, 4.69) is 27.5 Å². The molecular weight excluding hydrogens is 260 g/mol. The third-order valence-electron chi connectivity index (χ3n) is 2.59. The fourth-order valence-corrected chi connectivity index (χ4v) is 2.36. The zero-order chi connectivity index (χ0) is 13.7. The number of benzene rings is 1. The molecule has 2 rings (SSSR count). The zero-order valence-corrected chi connectivity index (χ0v) is 11.7. The van der Waals surface area contributed by atoms with Crippen LogP contribution in [0.15, 0.2) is 35.0 Å². The van der Waals surface area contributed by atoms with Crippen molar-refractivity contribution in [1.82, 2.24) is 0 Å². The Morgan fingerprint density at radius 3 is 2.84 bits per heavy atom. The predicted octanol–water partition coefficient (Wildman–Crippen LogP) is 3.33. The summed E-state index contributed by atoms with van der Waals surface area (Å²) in [6, 6.07) is 7.70. The van der Waals surface area contributed by atoms with Gasteiger partial charge in [0.1, 0.15) is 5.75 Å². The Bertz CT molecular complexity index is 553. The number of methoxy groups -OCH3 is 1. The number of rotatable bonds is 5. The molecule has 1 aromatic heterocycles. The van der Waals surface area contributed by atoms with E-state index in [1.54, 1.807) is 18.4 Å². The lowest BCUT2D eigenvalue weighted by Gasteiger charge is -2.12. The first kappa shape index (κ1) is 13.4. The second-order valence-electron chi connectivity index (χ2n) is 4.08. The topological polar surface area (TPSA) is 50.4 Å². The number of amides is 1. The third-order valence-corrected chi connectivity index (χ3v) is 3.32. The van der Waals surface area contributed by atoms with Crippen LogP contribution >= 0.6 is 11.3 Å². The number of carbonyl (C=O) groups excluding carboxylic acids is 1. The number of anilines is 2. The zero-order valence-electron chi connectivity index (χ0n) is 10.9. The van der Waals surface area contributed by atoms with Crippen LogP contribution in [0.25, 0.3) is 0 Å². The van der Waals surface area contributed by atoms with Gasteiger partial charge in [0.05, 0.1) is 12.8 Å². The maximum Gasteiger partial charge on any atom is 0.221 e. The molecular formula is C14H16N2O2S. The summed E-state index contributed by atoms with van der Waals surface area (Å²) in [5.74, 6) is 0.530. The lowest BCUT2D eigenvalue weighted by molar-refractivity contribution is -0.114. The van der Waals surface area contributed by atoms with Crippen LogP contribution in [0, 0.1) is 0 Å². The average molecular weight is 276 g/mol. The van der Waals surface area contributed by atoms with E-state index < -0.39 is 0 Å². The molecule has 0 aliphatic heterocycles. The van der Waals surface area contributed by atoms with Gasteiger partial charge >= 0.3 is 0 Å². The van der Waals surface area contributed by atoms with E-state index in [0.717, 1.165) is 12.2 Å². The summed E-state index contributed by atoms with van der Waals surface area (Å²) in [5.41, 5.74) is 2.88. The molecule has 0 aliphatic carbocycles. The first-order valence-electron chi connectivity index (χ1n) is 5.89. The molecule has 2 N–H and O–H groups in total. The van der Waals surface area contributed by atoms with Crippen molar-refractivity contribution in [2.45, 2.75) is 13.5 Å². The highest BCUT2D eigenvalue weighted by molar-refractivity contribution is 7.07. The van der Waals surface area contributed by atoms with Crippen LogP contribution in [-0.4, -0.2) is 13.0 Å². The summed E-state index contributed by atoms with van der Waals surface area (Å²) < 4.78 is 5.27. The molecule has 0 radical (unpaired) electrons. The normalized spacial score (nSPS) is 10.0. The molecule has 0 saturated heterocycles. The Morgan fingerprint density at radius 2 is 2.21 bits per heavy atom. The third kappa shape index (κ3) is 3.72. The quantitative estimate of drug-likeness (QED) is 0.880. The van der Waals surface area contributed by atoms with E-state index in [1.165, 1.54) is 12.5 Å². The molecule has 0 atom stereocenters. The molecule has 2 aromatic rings. The molecule has 0 unspecified atom stereocenters. The highest BCUT2D eigenvalue weighted by Gasteiger charge is 2.05. The molecule has 1 aromatic carbocycles. The summed E-state index contributed by atoms with van der Waals surface area (Å²) in [4.78, 5) is 11.1. The number of carbonyl (C=O) groups is 1. The van der Waals surface area contributed by atoms with Gasteiger partial charge in [-0.1, -0.05) is 0 Å². The largest absolute Gasteiger partial charge is 0.494 e. The fraction of sp³-hybridized carbons (Fsp3) is 0.214. The van der Waals surface area contributed by atoms with Crippen molar-refractivity contribution in [2.24, 2.45) is 0 Å². The predicted molar refractivity (Wildman–Crippen MR) is 78.9 cm³/mol. The number of nitrogens with one attached hydrogen (secondary N) is 2. The van der Waals surface area contributed by atoms with E-state index in [9.17, 15) is 4.79 Å². The SMILES string of the molecule is COc1cc(NCc2ccsc2)ccc1NC(C)=O.